The van der Waals surface area contributed by atoms with Crippen molar-refractivity contribution in [2.45, 2.75) is 37.1 Å². The number of urea groups is 1. The van der Waals surface area contributed by atoms with E-state index in [1.807, 2.05) is 44.2 Å². The first-order valence-electron chi connectivity index (χ1n) is 8.45. The molecule has 2 aromatic rings. The largest absolute Gasteiger partial charge is 0.394 e. The maximum absolute atomic E-state index is 12.9. The summed E-state index contributed by atoms with van der Waals surface area (Å²) >= 11 is 0. The van der Waals surface area contributed by atoms with Gasteiger partial charge in [0.1, 0.15) is 0 Å². The third kappa shape index (κ3) is 3.65. The lowest BCUT2D eigenvalue weighted by molar-refractivity contribution is 0.136. The van der Waals surface area contributed by atoms with Crippen LogP contribution in [0.5, 0.6) is 0 Å². The van der Waals surface area contributed by atoms with E-state index in [-0.39, 0.29) is 24.3 Å². The van der Waals surface area contributed by atoms with Crippen LogP contribution < -0.4 is 5.32 Å². The fourth-order valence-electron chi connectivity index (χ4n) is 3.17. The zero-order valence-electron chi connectivity index (χ0n) is 15.4. The highest BCUT2D eigenvalue weighted by Gasteiger charge is 2.42. The van der Waals surface area contributed by atoms with Gasteiger partial charge >= 0.3 is 6.03 Å². The average molecular weight is 390 g/mol. The van der Waals surface area contributed by atoms with Gasteiger partial charge in [0.15, 0.2) is 0 Å². The second kappa shape index (κ2) is 6.90. The normalized spacial score (nSPS) is 16.7. The van der Waals surface area contributed by atoms with E-state index < -0.39 is 21.4 Å². The van der Waals surface area contributed by atoms with E-state index >= 15 is 0 Å². The number of hydrogen-bond donors (Lipinski definition) is 2. The maximum Gasteiger partial charge on any atom is 0.319 e. The Kier molecular flexibility index (Phi) is 4.92. The van der Waals surface area contributed by atoms with Crippen LogP contribution in [0.3, 0.4) is 0 Å². The number of nitrogens with zero attached hydrogens (tertiary/aromatic N) is 3. The highest BCUT2D eigenvalue weighted by atomic mass is 32.2. The van der Waals surface area contributed by atoms with Crippen LogP contribution in [0.4, 0.5) is 4.79 Å². The number of sulfone groups is 1. The Morgan fingerprint density at radius 2 is 2.00 bits per heavy atom. The van der Waals surface area contributed by atoms with Crippen LogP contribution in [0.25, 0.3) is 0 Å². The quantitative estimate of drug-likeness (QED) is 0.763. The Balaban J connectivity index is 1.85. The van der Waals surface area contributed by atoms with Crippen LogP contribution in [0.15, 0.2) is 41.7 Å². The van der Waals surface area contributed by atoms with E-state index in [1.165, 1.54) is 6.20 Å². The standard InChI is InChI=1S/C18H22N4O4S/c1-18(2)13-9-19-16(27(3,25)26)20-14(13)10-22(18)17(24)21-15(11-23)12-7-5-4-6-8-12/h4-9,15,23H,10-11H2,1-3H3,(H,21,24)/t15-/m1/s1. The molecule has 1 atom stereocenters. The van der Waals surface area contributed by atoms with Crippen molar-refractivity contribution in [3.63, 3.8) is 0 Å². The predicted octanol–water partition coefficient (Wildman–Crippen LogP) is 1.37. The fourth-order valence-corrected chi connectivity index (χ4v) is 3.69. The average Bonchev–Trinajstić information content (AvgIpc) is 2.90. The van der Waals surface area contributed by atoms with Gasteiger partial charge < -0.3 is 15.3 Å². The molecule has 0 saturated carbocycles. The van der Waals surface area contributed by atoms with Crippen LogP contribution in [0.2, 0.25) is 0 Å². The molecule has 1 aliphatic rings. The summed E-state index contributed by atoms with van der Waals surface area (Å²) < 4.78 is 23.4. The molecule has 8 nitrogen and oxygen atoms in total. The van der Waals surface area contributed by atoms with E-state index in [0.29, 0.717) is 11.3 Å². The van der Waals surface area contributed by atoms with Crippen LogP contribution in [-0.2, 0) is 21.9 Å². The monoisotopic (exact) mass is 390 g/mol. The smallest absolute Gasteiger partial charge is 0.319 e. The number of carbonyl (C=O) groups excluding carboxylic acids is 1. The van der Waals surface area contributed by atoms with Gasteiger partial charge in [-0.3, -0.25) is 0 Å². The fraction of sp³-hybridized carbons (Fsp3) is 0.389. The molecule has 2 N–H and O–H groups in total. The third-order valence-electron chi connectivity index (χ3n) is 4.75. The summed E-state index contributed by atoms with van der Waals surface area (Å²) in [5, 5.41) is 12.3. The summed E-state index contributed by atoms with van der Waals surface area (Å²) in [4.78, 5) is 22.5. The van der Waals surface area contributed by atoms with Crippen molar-refractivity contribution in [2.75, 3.05) is 12.9 Å². The second-order valence-electron chi connectivity index (χ2n) is 7.03. The highest BCUT2D eigenvalue weighted by molar-refractivity contribution is 7.90. The molecular formula is C18H22N4O4S. The molecule has 0 spiro atoms. The van der Waals surface area contributed by atoms with E-state index in [2.05, 4.69) is 15.3 Å². The number of nitrogens with one attached hydrogen (secondary N) is 1. The van der Waals surface area contributed by atoms with Gasteiger partial charge in [0.05, 0.1) is 30.4 Å². The molecule has 2 heterocycles. The molecule has 0 radical (unpaired) electrons. The van der Waals surface area contributed by atoms with Crippen molar-refractivity contribution in [2.24, 2.45) is 0 Å². The van der Waals surface area contributed by atoms with Crippen LogP contribution in [0, 0.1) is 0 Å². The number of rotatable bonds is 4. The minimum atomic E-state index is -3.53. The molecule has 0 unspecified atom stereocenters. The van der Waals surface area contributed by atoms with Gasteiger partial charge in [-0.25, -0.2) is 23.2 Å². The first-order chi connectivity index (χ1) is 12.6. The summed E-state index contributed by atoms with van der Waals surface area (Å²) in [6, 6.07) is 8.27. The molecule has 27 heavy (non-hydrogen) atoms. The van der Waals surface area contributed by atoms with Crippen molar-refractivity contribution in [3.8, 4) is 0 Å². The molecule has 1 aliphatic heterocycles. The van der Waals surface area contributed by atoms with E-state index in [9.17, 15) is 18.3 Å². The zero-order valence-corrected chi connectivity index (χ0v) is 16.2. The Labute approximate surface area is 158 Å². The van der Waals surface area contributed by atoms with Gasteiger partial charge in [-0.05, 0) is 19.4 Å². The lowest BCUT2D eigenvalue weighted by Crippen LogP contribution is -2.47. The van der Waals surface area contributed by atoms with Crippen molar-refractivity contribution < 1.29 is 18.3 Å². The summed E-state index contributed by atoms with van der Waals surface area (Å²) in [6.45, 7) is 3.61. The Morgan fingerprint density at radius 3 is 2.59 bits per heavy atom. The molecule has 3 rings (SSSR count). The highest BCUT2D eigenvalue weighted by Crippen LogP contribution is 2.37. The van der Waals surface area contributed by atoms with Crippen molar-refractivity contribution in [3.05, 3.63) is 53.3 Å². The Hall–Kier alpha value is -2.52. The lowest BCUT2D eigenvalue weighted by Gasteiger charge is -2.33. The topological polar surface area (TPSA) is 112 Å². The van der Waals surface area contributed by atoms with Gasteiger partial charge in [-0.15, -0.1) is 0 Å². The zero-order chi connectivity index (χ0) is 19.8. The molecule has 2 amide bonds. The molecule has 0 saturated heterocycles. The number of benzene rings is 1. The summed E-state index contributed by atoms with van der Waals surface area (Å²) in [7, 11) is -3.53. The van der Waals surface area contributed by atoms with Crippen molar-refractivity contribution >= 4 is 15.9 Å². The number of aromatic nitrogens is 2. The van der Waals surface area contributed by atoms with Crippen LogP contribution in [0.1, 0.15) is 36.7 Å². The first kappa shape index (κ1) is 19.2. The lowest BCUT2D eigenvalue weighted by atomic mass is 9.97. The van der Waals surface area contributed by atoms with Gasteiger partial charge in [0, 0.05) is 18.0 Å². The number of aliphatic hydroxyl groups is 1. The Bertz CT molecular complexity index is 961. The summed E-state index contributed by atoms with van der Waals surface area (Å²) in [6.07, 6.45) is 2.51. The molecule has 0 bridgehead atoms. The second-order valence-corrected chi connectivity index (χ2v) is 8.94. The molecule has 1 aromatic carbocycles. The molecule has 1 aromatic heterocycles. The van der Waals surface area contributed by atoms with Gasteiger partial charge in [-0.1, -0.05) is 30.3 Å². The molecule has 0 aliphatic carbocycles. The molecular weight excluding hydrogens is 368 g/mol. The number of amides is 2. The number of fused-ring (bicyclic) bond motifs is 1. The van der Waals surface area contributed by atoms with Gasteiger partial charge in [0.25, 0.3) is 0 Å². The summed E-state index contributed by atoms with van der Waals surface area (Å²) in [5.74, 6) is 0. The minimum Gasteiger partial charge on any atom is -0.394 e. The maximum atomic E-state index is 12.9. The first-order valence-corrected chi connectivity index (χ1v) is 10.3. The number of carbonyl (C=O) groups is 1. The SMILES string of the molecule is CC1(C)c2cnc(S(C)(=O)=O)nc2CN1C(=O)N[C@H](CO)c1ccccc1. The third-order valence-corrected chi connectivity index (χ3v) is 5.61. The minimum absolute atomic E-state index is 0.159. The number of aliphatic hydroxyl groups excluding tert-OH is 1. The van der Waals surface area contributed by atoms with Crippen molar-refractivity contribution in [1.82, 2.24) is 20.2 Å². The van der Waals surface area contributed by atoms with E-state index in [4.69, 9.17) is 0 Å². The van der Waals surface area contributed by atoms with Gasteiger partial charge in [0.2, 0.25) is 15.0 Å². The van der Waals surface area contributed by atoms with Gasteiger partial charge in [-0.2, -0.15) is 0 Å². The number of hydrogen-bond acceptors (Lipinski definition) is 6. The summed E-state index contributed by atoms with van der Waals surface area (Å²) in [5.41, 5.74) is 1.28. The van der Waals surface area contributed by atoms with Crippen LogP contribution >= 0.6 is 0 Å². The predicted molar refractivity (Wildman–Crippen MR) is 98.5 cm³/mol. The van der Waals surface area contributed by atoms with E-state index in [0.717, 1.165) is 11.8 Å². The van der Waals surface area contributed by atoms with E-state index in [1.54, 1.807) is 4.90 Å². The molecule has 144 valence electrons. The van der Waals surface area contributed by atoms with Crippen molar-refractivity contribution in [1.29, 1.82) is 0 Å². The Morgan fingerprint density at radius 1 is 1.33 bits per heavy atom. The molecule has 9 heteroatoms. The molecule has 0 fully saturated rings. The van der Waals surface area contributed by atoms with Crippen LogP contribution in [-0.4, -0.2) is 47.3 Å².